The fourth-order valence-corrected chi connectivity index (χ4v) is 2.13. The maximum atomic E-state index is 13.2. The largest absolute Gasteiger partial charge is 0.481 e. The summed E-state index contributed by atoms with van der Waals surface area (Å²) in [6.45, 7) is -0.562. The monoisotopic (exact) mass is 374 g/mol. The van der Waals surface area contributed by atoms with E-state index in [1.807, 2.05) is 0 Å². The number of amides is 1. The highest BCUT2D eigenvalue weighted by Gasteiger charge is 2.12. The average Bonchev–Trinajstić information content (AvgIpc) is 2.61. The molecule has 2 rings (SSSR count). The van der Waals surface area contributed by atoms with Gasteiger partial charge in [0.2, 0.25) is 0 Å². The summed E-state index contributed by atoms with van der Waals surface area (Å²) in [7, 11) is 0. The van der Waals surface area contributed by atoms with Gasteiger partial charge in [0.1, 0.15) is 23.2 Å². The van der Waals surface area contributed by atoms with Crippen LogP contribution in [0, 0.1) is 17.1 Å². The Morgan fingerprint density at radius 1 is 1.31 bits per heavy atom. The van der Waals surface area contributed by atoms with Crippen molar-refractivity contribution in [3.8, 4) is 11.8 Å². The summed E-state index contributed by atoms with van der Waals surface area (Å²) in [4.78, 5) is 22.9. The summed E-state index contributed by atoms with van der Waals surface area (Å²) in [5.41, 5.74) is 0.326. The number of rotatable bonds is 6. The summed E-state index contributed by atoms with van der Waals surface area (Å²) in [5.74, 6) is -2.32. The molecule has 2 aromatic carbocycles. The highest BCUT2D eigenvalue weighted by Crippen LogP contribution is 2.23. The van der Waals surface area contributed by atoms with Crippen molar-refractivity contribution >= 4 is 35.2 Å². The third-order valence-corrected chi connectivity index (χ3v) is 3.40. The molecular weight excluding hydrogens is 363 g/mol. The first kappa shape index (κ1) is 19.0. The second-order valence-electron chi connectivity index (χ2n) is 4.97. The Kier molecular flexibility index (Phi) is 6.31. The number of ether oxygens (including phenoxy) is 1. The van der Waals surface area contributed by atoms with Crippen molar-refractivity contribution in [3.05, 3.63) is 64.4 Å². The molecular formula is C18H12ClFN2O4. The minimum atomic E-state index is -1.16. The molecule has 0 saturated heterocycles. The molecule has 0 radical (unpaired) electrons. The normalized spacial score (nSPS) is 10.7. The van der Waals surface area contributed by atoms with Gasteiger partial charge in [0, 0.05) is 11.3 Å². The standard InChI is InChI=1S/C18H12ClFN2O4/c19-14-8-13(5-6-15(14)20)22-18(25)12(9-21)7-11-3-1-2-4-16(11)26-10-17(23)24/h1-8H,10H2,(H,22,25)(H,23,24)/b12-7-. The molecule has 2 N–H and O–H groups in total. The lowest BCUT2D eigenvalue weighted by Gasteiger charge is -2.08. The lowest BCUT2D eigenvalue weighted by atomic mass is 10.1. The first-order valence-corrected chi connectivity index (χ1v) is 7.60. The van der Waals surface area contributed by atoms with Gasteiger partial charge in [-0.05, 0) is 30.3 Å². The molecule has 0 bridgehead atoms. The van der Waals surface area contributed by atoms with E-state index in [1.165, 1.54) is 24.3 Å². The van der Waals surface area contributed by atoms with Crippen molar-refractivity contribution in [2.24, 2.45) is 0 Å². The Balaban J connectivity index is 2.24. The number of anilines is 1. The number of hydrogen-bond acceptors (Lipinski definition) is 4. The molecule has 0 atom stereocenters. The van der Waals surface area contributed by atoms with E-state index < -0.39 is 24.3 Å². The molecule has 0 aliphatic heterocycles. The third-order valence-electron chi connectivity index (χ3n) is 3.11. The van der Waals surface area contributed by atoms with Crippen molar-refractivity contribution < 1.29 is 23.8 Å². The fourth-order valence-electron chi connectivity index (χ4n) is 1.95. The Morgan fingerprint density at radius 3 is 2.69 bits per heavy atom. The molecule has 0 unspecified atom stereocenters. The highest BCUT2D eigenvalue weighted by molar-refractivity contribution is 6.31. The first-order valence-electron chi connectivity index (χ1n) is 7.22. The van der Waals surface area contributed by atoms with Gasteiger partial charge >= 0.3 is 5.97 Å². The average molecular weight is 375 g/mol. The van der Waals surface area contributed by atoms with Crippen LogP contribution >= 0.6 is 11.6 Å². The van der Waals surface area contributed by atoms with E-state index in [0.717, 1.165) is 6.07 Å². The smallest absolute Gasteiger partial charge is 0.341 e. The van der Waals surface area contributed by atoms with Crippen LogP contribution in [-0.4, -0.2) is 23.6 Å². The zero-order valence-electron chi connectivity index (χ0n) is 13.2. The molecule has 0 spiro atoms. The van der Waals surface area contributed by atoms with Gasteiger partial charge in [0.25, 0.3) is 5.91 Å². The molecule has 8 heteroatoms. The van der Waals surface area contributed by atoms with Gasteiger partial charge in [-0.3, -0.25) is 4.79 Å². The van der Waals surface area contributed by atoms with Crippen LogP contribution < -0.4 is 10.1 Å². The van der Waals surface area contributed by atoms with E-state index in [1.54, 1.807) is 24.3 Å². The number of nitrogens with zero attached hydrogens (tertiary/aromatic N) is 1. The number of carbonyl (C=O) groups is 2. The maximum Gasteiger partial charge on any atom is 0.341 e. The van der Waals surface area contributed by atoms with Gasteiger partial charge in [0.05, 0.1) is 5.02 Å². The second-order valence-corrected chi connectivity index (χ2v) is 5.38. The molecule has 0 heterocycles. The number of nitriles is 1. The van der Waals surface area contributed by atoms with E-state index in [2.05, 4.69) is 5.32 Å². The van der Waals surface area contributed by atoms with Gasteiger partial charge in [-0.15, -0.1) is 0 Å². The Morgan fingerprint density at radius 2 is 2.04 bits per heavy atom. The maximum absolute atomic E-state index is 13.2. The van der Waals surface area contributed by atoms with Crippen LogP contribution in [0.25, 0.3) is 6.08 Å². The number of para-hydroxylation sites is 1. The summed E-state index contributed by atoms with van der Waals surface area (Å²) in [5, 5.41) is 20.2. The van der Waals surface area contributed by atoms with Gasteiger partial charge in [-0.25, -0.2) is 9.18 Å². The number of carboxylic acid groups (broad SMARTS) is 1. The van der Waals surface area contributed by atoms with E-state index in [-0.39, 0.29) is 22.0 Å². The zero-order chi connectivity index (χ0) is 19.1. The lowest BCUT2D eigenvalue weighted by Crippen LogP contribution is -2.14. The van der Waals surface area contributed by atoms with Crippen molar-refractivity contribution in [1.29, 1.82) is 5.26 Å². The first-order chi connectivity index (χ1) is 12.4. The number of nitrogens with one attached hydrogen (secondary N) is 1. The molecule has 2 aromatic rings. The highest BCUT2D eigenvalue weighted by atomic mass is 35.5. The Bertz CT molecular complexity index is 922. The quantitative estimate of drug-likeness (QED) is 0.595. The molecule has 0 aromatic heterocycles. The van der Waals surface area contributed by atoms with Crippen LogP contribution in [0.3, 0.4) is 0 Å². The summed E-state index contributed by atoms with van der Waals surface area (Å²) >= 11 is 5.65. The van der Waals surface area contributed by atoms with Gasteiger partial charge in [-0.1, -0.05) is 29.8 Å². The topological polar surface area (TPSA) is 99.4 Å². The van der Waals surface area contributed by atoms with Gasteiger partial charge < -0.3 is 15.2 Å². The zero-order valence-corrected chi connectivity index (χ0v) is 14.0. The SMILES string of the molecule is N#C/C(=C/c1ccccc1OCC(=O)O)C(=O)Nc1ccc(F)c(Cl)c1. The van der Waals surface area contributed by atoms with E-state index in [4.69, 9.17) is 21.4 Å². The number of carbonyl (C=O) groups excluding carboxylic acids is 1. The minimum Gasteiger partial charge on any atom is -0.481 e. The number of aliphatic carboxylic acids is 1. The van der Waals surface area contributed by atoms with Crippen LogP contribution in [0.1, 0.15) is 5.56 Å². The van der Waals surface area contributed by atoms with E-state index in [9.17, 15) is 19.2 Å². The molecule has 0 aliphatic rings. The Labute approximate surface area is 153 Å². The summed E-state index contributed by atoms with van der Waals surface area (Å²) in [6.07, 6.45) is 1.26. The number of benzene rings is 2. The van der Waals surface area contributed by atoms with Crippen molar-refractivity contribution in [3.63, 3.8) is 0 Å². The molecule has 0 saturated carbocycles. The molecule has 0 fully saturated rings. The van der Waals surface area contributed by atoms with Crippen molar-refractivity contribution in [2.75, 3.05) is 11.9 Å². The molecule has 1 amide bonds. The predicted molar refractivity (Wildman–Crippen MR) is 93.2 cm³/mol. The minimum absolute atomic E-state index is 0.169. The fraction of sp³-hybridized carbons (Fsp3) is 0.0556. The van der Waals surface area contributed by atoms with Crippen LogP contribution in [0.15, 0.2) is 48.0 Å². The van der Waals surface area contributed by atoms with Crippen LogP contribution in [0.4, 0.5) is 10.1 Å². The number of hydrogen-bond donors (Lipinski definition) is 2. The van der Waals surface area contributed by atoms with E-state index >= 15 is 0 Å². The van der Waals surface area contributed by atoms with Crippen LogP contribution in [-0.2, 0) is 9.59 Å². The third kappa shape index (κ3) is 5.06. The van der Waals surface area contributed by atoms with Crippen molar-refractivity contribution in [1.82, 2.24) is 0 Å². The van der Waals surface area contributed by atoms with Gasteiger partial charge in [0.15, 0.2) is 6.61 Å². The van der Waals surface area contributed by atoms with E-state index in [0.29, 0.717) is 5.56 Å². The predicted octanol–water partition coefficient (Wildman–Crippen LogP) is 3.49. The molecule has 132 valence electrons. The van der Waals surface area contributed by atoms with Gasteiger partial charge in [-0.2, -0.15) is 5.26 Å². The molecule has 0 aliphatic carbocycles. The number of halogens is 2. The number of carboxylic acids is 1. The second kappa shape index (κ2) is 8.65. The lowest BCUT2D eigenvalue weighted by molar-refractivity contribution is -0.139. The molecule has 6 nitrogen and oxygen atoms in total. The molecule has 26 heavy (non-hydrogen) atoms. The summed E-state index contributed by atoms with van der Waals surface area (Å²) in [6, 6.07) is 11.7. The van der Waals surface area contributed by atoms with Crippen molar-refractivity contribution in [2.45, 2.75) is 0 Å². The van der Waals surface area contributed by atoms with Crippen LogP contribution in [0.5, 0.6) is 5.75 Å². The summed E-state index contributed by atoms with van der Waals surface area (Å²) < 4.78 is 18.3. The van der Waals surface area contributed by atoms with Crippen LogP contribution in [0.2, 0.25) is 5.02 Å². The Hall–Kier alpha value is -3.37.